The zero-order valence-corrected chi connectivity index (χ0v) is 26.0. The van der Waals surface area contributed by atoms with Crippen molar-refractivity contribution in [2.45, 2.75) is 40.5 Å². The monoisotopic (exact) mass is 606 g/mol. The Morgan fingerprint density at radius 3 is 1.68 bits per heavy atom. The molecule has 0 aliphatic heterocycles. The highest BCUT2D eigenvalue weighted by Gasteiger charge is 2.14. The molecular weight excluding hydrogens is 564 g/mol. The van der Waals surface area contributed by atoms with E-state index < -0.39 is 5.97 Å². The number of esters is 3. The fraction of sp³-hybridized carbons (Fsp3) is 0.400. The zero-order valence-electron chi connectivity index (χ0n) is 26.0. The van der Waals surface area contributed by atoms with E-state index in [1.807, 2.05) is 24.3 Å². The molecule has 3 aromatic rings. The first kappa shape index (κ1) is 34.3. The maximum absolute atomic E-state index is 12.6. The van der Waals surface area contributed by atoms with Gasteiger partial charge in [-0.1, -0.05) is 45.0 Å². The third kappa shape index (κ3) is 12.6. The standard InChI is InChI=1S/C35H42O9/c1-5-41-33(37)28-8-6-26(7-9-28)27-10-16-31(17-11-27)44-34(38)29-12-14-30(15-13-29)42-24-22-39-20-21-40-23-25-43-32(36)18-19-35(2,3)4/h6-17H,5,18-25H2,1-4H3. The van der Waals surface area contributed by atoms with E-state index in [0.717, 1.165) is 17.5 Å². The van der Waals surface area contributed by atoms with Crippen LogP contribution in [0, 0.1) is 5.41 Å². The first-order chi connectivity index (χ1) is 21.1. The van der Waals surface area contributed by atoms with Crippen LogP contribution < -0.4 is 9.47 Å². The molecule has 9 nitrogen and oxygen atoms in total. The van der Waals surface area contributed by atoms with Gasteiger partial charge >= 0.3 is 17.9 Å². The highest BCUT2D eigenvalue weighted by molar-refractivity contribution is 5.91. The van der Waals surface area contributed by atoms with Crippen LogP contribution >= 0.6 is 0 Å². The zero-order chi connectivity index (χ0) is 31.8. The number of benzene rings is 3. The van der Waals surface area contributed by atoms with Crippen LogP contribution in [0.4, 0.5) is 0 Å². The molecule has 0 saturated heterocycles. The summed E-state index contributed by atoms with van der Waals surface area (Å²) in [6, 6.07) is 20.9. The molecule has 0 amide bonds. The van der Waals surface area contributed by atoms with Gasteiger partial charge in [0.05, 0.1) is 44.2 Å². The molecule has 3 aromatic carbocycles. The van der Waals surface area contributed by atoms with Gasteiger partial charge in [0.2, 0.25) is 0 Å². The minimum atomic E-state index is -0.480. The van der Waals surface area contributed by atoms with Crippen LogP contribution in [0.25, 0.3) is 11.1 Å². The van der Waals surface area contributed by atoms with E-state index in [2.05, 4.69) is 20.8 Å². The Morgan fingerprint density at radius 1 is 0.591 bits per heavy atom. The molecule has 236 valence electrons. The molecule has 0 aliphatic rings. The average molecular weight is 607 g/mol. The van der Waals surface area contributed by atoms with E-state index in [0.29, 0.717) is 68.7 Å². The normalized spacial score (nSPS) is 11.1. The van der Waals surface area contributed by atoms with Crippen LogP contribution in [0.15, 0.2) is 72.8 Å². The quantitative estimate of drug-likeness (QED) is 0.0963. The summed E-state index contributed by atoms with van der Waals surface area (Å²) in [4.78, 5) is 36.1. The molecule has 0 bridgehead atoms. The van der Waals surface area contributed by atoms with Crippen LogP contribution in [-0.4, -0.2) is 64.2 Å². The van der Waals surface area contributed by atoms with E-state index in [-0.39, 0.29) is 24.0 Å². The number of hydrogen-bond acceptors (Lipinski definition) is 9. The van der Waals surface area contributed by atoms with Crippen molar-refractivity contribution in [3.05, 3.63) is 83.9 Å². The maximum Gasteiger partial charge on any atom is 0.343 e. The number of ether oxygens (including phenoxy) is 6. The van der Waals surface area contributed by atoms with Gasteiger partial charge in [0.1, 0.15) is 24.7 Å². The van der Waals surface area contributed by atoms with Gasteiger partial charge < -0.3 is 28.4 Å². The van der Waals surface area contributed by atoms with Gasteiger partial charge in [-0.05, 0) is 78.4 Å². The first-order valence-corrected chi connectivity index (χ1v) is 14.8. The lowest BCUT2D eigenvalue weighted by Gasteiger charge is -2.16. The highest BCUT2D eigenvalue weighted by Crippen LogP contribution is 2.24. The predicted molar refractivity (Wildman–Crippen MR) is 166 cm³/mol. The summed E-state index contributed by atoms with van der Waals surface area (Å²) in [7, 11) is 0. The molecule has 0 N–H and O–H groups in total. The highest BCUT2D eigenvalue weighted by atomic mass is 16.6. The van der Waals surface area contributed by atoms with Crippen LogP contribution in [0.2, 0.25) is 0 Å². The van der Waals surface area contributed by atoms with Crippen molar-refractivity contribution in [3.8, 4) is 22.6 Å². The lowest BCUT2D eigenvalue weighted by Crippen LogP contribution is -2.15. The second-order valence-corrected chi connectivity index (χ2v) is 11.1. The third-order valence-corrected chi connectivity index (χ3v) is 6.32. The summed E-state index contributed by atoms with van der Waals surface area (Å²) < 4.78 is 32.2. The lowest BCUT2D eigenvalue weighted by atomic mass is 9.91. The Kier molecular flexibility index (Phi) is 13.9. The van der Waals surface area contributed by atoms with Gasteiger partial charge in [0.25, 0.3) is 0 Å². The molecule has 0 unspecified atom stereocenters. The number of rotatable bonds is 17. The SMILES string of the molecule is CCOC(=O)c1ccc(-c2ccc(OC(=O)c3ccc(OCCOCCOCCOC(=O)CCC(C)(C)C)cc3)cc2)cc1. The van der Waals surface area contributed by atoms with Crippen molar-refractivity contribution in [1.29, 1.82) is 0 Å². The molecular formula is C35H42O9. The summed E-state index contributed by atoms with van der Waals surface area (Å²) in [5.74, 6) is -0.0158. The number of hydrogen-bond donors (Lipinski definition) is 0. The summed E-state index contributed by atoms with van der Waals surface area (Å²) in [5.41, 5.74) is 2.83. The van der Waals surface area contributed by atoms with Crippen molar-refractivity contribution in [2.75, 3.05) is 46.2 Å². The van der Waals surface area contributed by atoms with Crippen LogP contribution in [0.3, 0.4) is 0 Å². The van der Waals surface area contributed by atoms with E-state index in [1.165, 1.54) is 0 Å². The van der Waals surface area contributed by atoms with Crippen molar-refractivity contribution in [1.82, 2.24) is 0 Å². The van der Waals surface area contributed by atoms with E-state index >= 15 is 0 Å². The summed E-state index contributed by atoms with van der Waals surface area (Å²) >= 11 is 0. The molecule has 0 fully saturated rings. The van der Waals surface area contributed by atoms with Gasteiger partial charge in [-0.15, -0.1) is 0 Å². The molecule has 0 saturated carbocycles. The second-order valence-electron chi connectivity index (χ2n) is 11.1. The molecule has 44 heavy (non-hydrogen) atoms. The molecule has 0 heterocycles. The van der Waals surface area contributed by atoms with Crippen LogP contribution in [-0.2, 0) is 23.7 Å². The largest absolute Gasteiger partial charge is 0.491 e. The molecule has 0 aromatic heterocycles. The minimum absolute atomic E-state index is 0.106. The molecule has 9 heteroatoms. The topological polar surface area (TPSA) is 107 Å². The summed E-state index contributed by atoms with van der Waals surface area (Å²) in [6.45, 7) is 10.4. The number of carbonyl (C=O) groups excluding carboxylic acids is 3. The van der Waals surface area contributed by atoms with Gasteiger partial charge in [-0.2, -0.15) is 0 Å². The Balaban J connectivity index is 1.29. The Bertz CT molecular complexity index is 1310. The fourth-order valence-corrected chi connectivity index (χ4v) is 3.89. The van der Waals surface area contributed by atoms with Crippen molar-refractivity contribution in [2.24, 2.45) is 5.41 Å². The van der Waals surface area contributed by atoms with Crippen LogP contribution in [0.5, 0.6) is 11.5 Å². The van der Waals surface area contributed by atoms with E-state index in [1.54, 1.807) is 55.5 Å². The van der Waals surface area contributed by atoms with E-state index in [4.69, 9.17) is 28.4 Å². The van der Waals surface area contributed by atoms with Crippen molar-refractivity contribution < 1.29 is 42.8 Å². The van der Waals surface area contributed by atoms with Crippen molar-refractivity contribution in [3.63, 3.8) is 0 Å². The Hall–Kier alpha value is -4.21. The molecule has 0 aliphatic carbocycles. The third-order valence-electron chi connectivity index (χ3n) is 6.32. The molecule has 0 spiro atoms. The maximum atomic E-state index is 12.6. The fourth-order valence-electron chi connectivity index (χ4n) is 3.89. The van der Waals surface area contributed by atoms with E-state index in [9.17, 15) is 14.4 Å². The molecule has 0 atom stereocenters. The van der Waals surface area contributed by atoms with Crippen LogP contribution in [0.1, 0.15) is 61.3 Å². The summed E-state index contributed by atoms with van der Waals surface area (Å²) in [5, 5.41) is 0. The minimum Gasteiger partial charge on any atom is -0.491 e. The molecule has 3 rings (SSSR count). The first-order valence-electron chi connectivity index (χ1n) is 14.8. The van der Waals surface area contributed by atoms with Gasteiger partial charge in [-0.25, -0.2) is 9.59 Å². The lowest BCUT2D eigenvalue weighted by molar-refractivity contribution is -0.146. The van der Waals surface area contributed by atoms with Crippen molar-refractivity contribution >= 4 is 17.9 Å². The van der Waals surface area contributed by atoms with Gasteiger partial charge in [0.15, 0.2) is 0 Å². The van der Waals surface area contributed by atoms with Gasteiger partial charge in [-0.3, -0.25) is 4.79 Å². The predicted octanol–water partition coefficient (Wildman–Crippen LogP) is 6.53. The summed E-state index contributed by atoms with van der Waals surface area (Å²) in [6.07, 6.45) is 1.20. The van der Waals surface area contributed by atoms with Gasteiger partial charge in [0, 0.05) is 6.42 Å². The second kappa shape index (κ2) is 17.8. The Morgan fingerprint density at radius 2 is 1.09 bits per heavy atom. The smallest absolute Gasteiger partial charge is 0.343 e. The Labute approximate surface area is 259 Å². The average Bonchev–Trinajstić information content (AvgIpc) is 3.01. The molecule has 0 radical (unpaired) electrons. The number of carbonyl (C=O) groups is 3.